The number of halogens is 2. The summed E-state index contributed by atoms with van der Waals surface area (Å²) >= 11 is 1.94. The lowest BCUT2D eigenvalue weighted by atomic mass is 10.2. The van der Waals surface area contributed by atoms with E-state index in [9.17, 15) is 24.1 Å². The van der Waals surface area contributed by atoms with Crippen molar-refractivity contribution in [1.82, 2.24) is 4.57 Å². The van der Waals surface area contributed by atoms with Crippen LogP contribution >= 0.6 is 22.6 Å². The molecule has 0 saturated carbocycles. The maximum atomic E-state index is 14.4. The number of pyridine rings is 1. The maximum Gasteiger partial charge on any atom is 0.416 e. The molecule has 1 aromatic heterocycles. The predicted octanol–water partition coefficient (Wildman–Crippen LogP) is 4.31. The first-order valence-electron chi connectivity index (χ1n) is 9.05. The second-order valence-corrected chi connectivity index (χ2v) is 9.01. The molecule has 3 rings (SSSR count). The first kappa shape index (κ1) is 22.0. The molecule has 0 aliphatic carbocycles. The van der Waals surface area contributed by atoms with Crippen LogP contribution in [0, 0.1) is 26.4 Å². The minimum Gasteiger partial charge on any atom is -0.443 e. The molecule has 160 valence electrons. The van der Waals surface area contributed by atoms with Gasteiger partial charge in [-0.15, -0.1) is 0 Å². The number of nitro groups is 1. The summed E-state index contributed by atoms with van der Waals surface area (Å²) in [5.41, 5.74) is -1.95. The van der Waals surface area contributed by atoms with E-state index >= 15 is 0 Å². The normalized spacial score (nSPS) is 13.2. The van der Waals surface area contributed by atoms with Crippen LogP contribution in [0.5, 0.6) is 0 Å². The third-order valence-electron chi connectivity index (χ3n) is 4.44. The number of amides is 1. The van der Waals surface area contributed by atoms with Crippen molar-refractivity contribution in [3.63, 3.8) is 0 Å². The number of anilines is 3. The van der Waals surface area contributed by atoms with Crippen molar-refractivity contribution in [3.05, 3.63) is 53.6 Å². The van der Waals surface area contributed by atoms with Gasteiger partial charge in [0.05, 0.1) is 10.6 Å². The van der Waals surface area contributed by atoms with E-state index in [2.05, 4.69) is 5.32 Å². The Kier molecular flexibility index (Phi) is 5.76. The molecule has 1 aromatic carbocycles. The number of aromatic nitrogens is 1. The highest BCUT2D eigenvalue weighted by Crippen LogP contribution is 2.40. The van der Waals surface area contributed by atoms with Crippen LogP contribution in [-0.2, 0) is 11.3 Å². The Morgan fingerprint density at radius 2 is 2.00 bits per heavy atom. The number of fused-ring (bicyclic) bond motifs is 1. The first-order chi connectivity index (χ1) is 13.9. The van der Waals surface area contributed by atoms with Gasteiger partial charge >= 0.3 is 11.8 Å². The van der Waals surface area contributed by atoms with Gasteiger partial charge in [0, 0.05) is 22.2 Å². The quantitative estimate of drug-likeness (QED) is 0.360. The second kappa shape index (κ2) is 7.85. The van der Waals surface area contributed by atoms with E-state index in [0.29, 0.717) is 3.57 Å². The third-order valence-corrected chi connectivity index (χ3v) is 5.11. The standard InChI is InChI=1S/C19H20FIN4O5/c1-10-14(22-13-6-5-11(21)9-12(13)20)15(25(28)29)16-23(17(10)26)7-8-24(16)18(27)30-19(2,3)4/h5-6,9,22H,7-8H2,1-4H3. The highest BCUT2D eigenvalue weighted by atomic mass is 127. The SMILES string of the molecule is Cc1c(Nc2ccc(I)cc2F)c([N+](=O)[O-])c2n(c1=O)CCN2C(=O)OC(C)(C)C. The summed E-state index contributed by atoms with van der Waals surface area (Å²) in [6.07, 6.45) is -0.800. The van der Waals surface area contributed by atoms with E-state index < -0.39 is 33.7 Å². The lowest BCUT2D eigenvalue weighted by molar-refractivity contribution is -0.383. The molecule has 1 aliphatic heterocycles. The van der Waals surface area contributed by atoms with Crippen LogP contribution in [0.15, 0.2) is 23.0 Å². The fraction of sp³-hybridized carbons (Fsp3) is 0.368. The molecule has 1 amide bonds. The Morgan fingerprint density at radius 1 is 1.33 bits per heavy atom. The second-order valence-electron chi connectivity index (χ2n) is 7.77. The van der Waals surface area contributed by atoms with E-state index in [4.69, 9.17) is 4.74 Å². The molecule has 1 N–H and O–H groups in total. The zero-order valence-electron chi connectivity index (χ0n) is 16.8. The minimum absolute atomic E-state index is 0.0206. The van der Waals surface area contributed by atoms with Crippen LogP contribution in [0.4, 0.5) is 32.1 Å². The Balaban J connectivity index is 2.19. The van der Waals surface area contributed by atoms with Gasteiger partial charge in [-0.05, 0) is 68.5 Å². The summed E-state index contributed by atoms with van der Waals surface area (Å²) in [5.74, 6) is -0.807. The predicted molar refractivity (Wildman–Crippen MR) is 118 cm³/mol. The minimum atomic E-state index is -0.824. The molecule has 0 radical (unpaired) electrons. The number of hydrogen-bond donors (Lipinski definition) is 1. The van der Waals surface area contributed by atoms with Crippen molar-refractivity contribution < 1.29 is 18.8 Å². The fourth-order valence-electron chi connectivity index (χ4n) is 3.16. The number of nitrogens with one attached hydrogen (secondary N) is 1. The van der Waals surface area contributed by atoms with Crippen LogP contribution in [0.25, 0.3) is 0 Å². The lowest BCUT2D eigenvalue weighted by Crippen LogP contribution is -2.36. The summed E-state index contributed by atoms with van der Waals surface area (Å²) in [6.45, 7) is 6.57. The van der Waals surface area contributed by atoms with E-state index in [-0.39, 0.29) is 35.8 Å². The molecule has 0 bridgehead atoms. The summed E-state index contributed by atoms with van der Waals surface area (Å²) in [7, 11) is 0. The van der Waals surface area contributed by atoms with Crippen molar-refractivity contribution >= 4 is 51.6 Å². The number of carbonyl (C=O) groups excluding carboxylic acids is 1. The van der Waals surface area contributed by atoms with Gasteiger partial charge in [-0.25, -0.2) is 9.18 Å². The molecular weight excluding hydrogens is 510 g/mol. The molecule has 2 aromatic rings. The number of benzene rings is 1. The molecule has 0 unspecified atom stereocenters. The van der Waals surface area contributed by atoms with E-state index in [1.807, 2.05) is 22.6 Å². The number of nitrogens with zero attached hydrogens (tertiary/aromatic N) is 3. The maximum absolute atomic E-state index is 14.4. The molecule has 0 saturated heterocycles. The van der Waals surface area contributed by atoms with Gasteiger partial charge in [0.2, 0.25) is 5.82 Å². The van der Waals surface area contributed by atoms with E-state index in [0.717, 1.165) is 4.90 Å². The zero-order chi connectivity index (χ0) is 22.4. The number of ether oxygens (including phenoxy) is 1. The third kappa shape index (κ3) is 4.11. The van der Waals surface area contributed by atoms with E-state index in [1.54, 1.807) is 26.8 Å². The monoisotopic (exact) mass is 530 g/mol. The molecule has 1 aliphatic rings. The number of carbonyl (C=O) groups is 1. The highest BCUT2D eigenvalue weighted by molar-refractivity contribution is 14.1. The van der Waals surface area contributed by atoms with Crippen LogP contribution in [0.1, 0.15) is 26.3 Å². The lowest BCUT2D eigenvalue weighted by Gasteiger charge is -2.24. The van der Waals surface area contributed by atoms with E-state index in [1.165, 1.54) is 23.6 Å². The smallest absolute Gasteiger partial charge is 0.416 e. The molecule has 0 atom stereocenters. The summed E-state index contributed by atoms with van der Waals surface area (Å²) in [4.78, 5) is 37.9. The van der Waals surface area contributed by atoms with Gasteiger partial charge in [0.15, 0.2) is 0 Å². The average Bonchev–Trinajstić information content (AvgIpc) is 3.04. The molecule has 0 spiro atoms. The Labute approximate surface area is 185 Å². The van der Waals surface area contributed by atoms with Gasteiger partial charge < -0.3 is 10.1 Å². The summed E-state index contributed by atoms with van der Waals surface area (Å²) in [5, 5.41) is 14.7. The highest BCUT2D eigenvalue weighted by Gasteiger charge is 2.39. The van der Waals surface area contributed by atoms with Gasteiger partial charge in [-0.3, -0.25) is 24.4 Å². The molecule has 2 heterocycles. The van der Waals surface area contributed by atoms with Gasteiger partial charge in [0.25, 0.3) is 5.56 Å². The molecule has 9 nitrogen and oxygen atoms in total. The molecular formula is C19H20FIN4O5. The van der Waals surface area contributed by atoms with Crippen molar-refractivity contribution in [2.24, 2.45) is 0 Å². The topological polar surface area (TPSA) is 107 Å². The van der Waals surface area contributed by atoms with Gasteiger partial charge in [0.1, 0.15) is 17.1 Å². The average molecular weight is 530 g/mol. The summed E-state index contributed by atoms with van der Waals surface area (Å²) < 4.78 is 21.5. The fourth-order valence-corrected chi connectivity index (χ4v) is 3.61. The Bertz CT molecular complexity index is 1110. The summed E-state index contributed by atoms with van der Waals surface area (Å²) in [6, 6.07) is 4.31. The Morgan fingerprint density at radius 3 is 2.57 bits per heavy atom. The van der Waals surface area contributed by atoms with Crippen molar-refractivity contribution in [2.45, 2.75) is 39.8 Å². The molecule has 11 heteroatoms. The van der Waals surface area contributed by atoms with Gasteiger partial charge in [-0.1, -0.05) is 0 Å². The van der Waals surface area contributed by atoms with Crippen molar-refractivity contribution in [2.75, 3.05) is 16.8 Å². The first-order valence-corrected chi connectivity index (χ1v) is 10.1. The van der Waals surface area contributed by atoms with Crippen molar-refractivity contribution in [1.29, 1.82) is 0 Å². The largest absolute Gasteiger partial charge is 0.443 e. The number of hydrogen-bond acceptors (Lipinski definition) is 6. The zero-order valence-corrected chi connectivity index (χ0v) is 18.9. The van der Waals surface area contributed by atoms with Crippen LogP contribution in [0.2, 0.25) is 0 Å². The van der Waals surface area contributed by atoms with Crippen LogP contribution in [0.3, 0.4) is 0 Å². The number of rotatable bonds is 3. The Hall–Kier alpha value is -2.70. The van der Waals surface area contributed by atoms with Gasteiger partial charge in [-0.2, -0.15) is 0 Å². The molecule has 30 heavy (non-hydrogen) atoms. The van der Waals surface area contributed by atoms with Crippen LogP contribution < -0.4 is 15.8 Å². The molecule has 0 fully saturated rings. The van der Waals surface area contributed by atoms with Crippen molar-refractivity contribution in [3.8, 4) is 0 Å². The van der Waals surface area contributed by atoms with Crippen LogP contribution in [-0.4, -0.2) is 27.7 Å².